The number of nitrogens with zero attached hydrogens (tertiary/aromatic N) is 3. The second kappa shape index (κ2) is 11.3. The SMILES string of the molecule is CCCNC(=O)CSc1nn(CN(C)Cc2ccc(C(=O)OC)cc2)c(=S)s1. The van der Waals surface area contributed by atoms with Gasteiger partial charge in [0.15, 0.2) is 8.29 Å². The van der Waals surface area contributed by atoms with E-state index in [-0.39, 0.29) is 11.9 Å². The molecule has 1 N–H and O–H groups in total. The number of rotatable bonds is 10. The molecule has 0 saturated heterocycles. The van der Waals surface area contributed by atoms with Crippen LogP contribution in [0.4, 0.5) is 0 Å². The van der Waals surface area contributed by atoms with Crippen LogP contribution in [0.3, 0.4) is 0 Å². The molecule has 2 aromatic rings. The zero-order valence-corrected chi connectivity index (χ0v) is 18.6. The fourth-order valence-corrected chi connectivity index (χ4v) is 4.48. The number of hydrogen-bond acceptors (Lipinski definition) is 8. The van der Waals surface area contributed by atoms with Crippen LogP contribution in [0.15, 0.2) is 28.6 Å². The number of methoxy groups -OCH3 is 1. The molecular weight excluding hydrogens is 416 g/mol. The molecule has 1 aromatic carbocycles. The second-order valence-electron chi connectivity index (χ2n) is 6.12. The van der Waals surface area contributed by atoms with Gasteiger partial charge in [-0.1, -0.05) is 42.2 Å². The Morgan fingerprint density at radius 3 is 2.71 bits per heavy atom. The number of benzene rings is 1. The van der Waals surface area contributed by atoms with Crippen molar-refractivity contribution >= 4 is 47.2 Å². The molecule has 0 atom stereocenters. The van der Waals surface area contributed by atoms with E-state index >= 15 is 0 Å². The number of amides is 1. The van der Waals surface area contributed by atoms with E-state index in [9.17, 15) is 9.59 Å². The predicted molar refractivity (Wildman–Crippen MR) is 114 cm³/mol. The van der Waals surface area contributed by atoms with Crippen LogP contribution in [0, 0.1) is 3.95 Å². The van der Waals surface area contributed by atoms with E-state index in [1.165, 1.54) is 30.2 Å². The quantitative estimate of drug-likeness (QED) is 0.345. The first-order valence-electron chi connectivity index (χ1n) is 8.76. The Morgan fingerprint density at radius 1 is 1.36 bits per heavy atom. The minimum Gasteiger partial charge on any atom is -0.465 e. The lowest BCUT2D eigenvalue weighted by atomic mass is 10.1. The van der Waals surface area contributed by atoms with Crippen LogP contribution in [0.1, 0.15) is 29.3 Å². The van der Waals surface area contributed by atoms with Crippen molar-refractivity contribution in [2.24, 2.45) is 0 Å². The van der Waals surface area contributed by atoms with Gasteiger partial charge in [0.1, 0.15) is 0 Å². The summed E-state index contributed by atoms with van der Waals surface area (Å²) in [6.45, 7) is 3.93. The normalized spacial score (nSPS) is 10.9. The van der Waals surface area contributed by atoms with Gasteiger partial charge in [0.25, 0.3) is 0 Å². The highest BCUT2D eigenvalue weighted by Gasteiger charge is 2.10. The monoisotopic (exact) mass is 440 g/mol. The van der Waals surface area contributed by atoms with E-state index in [1.807, 2.05) is 26.1 Å². The van der Waals surface area contributed by atoms with Crippen molar-refractivity contribution in [2.45, 2.75) is 30.9 Å². The Morgan fingerprint density at radius 2 is 2.07 bits per heavy atom. The Hall–Kier alpha value is -1.75. The third-order valence-corrected chi connectivity index (χ3v) is 6.13. The number of carbonyl (C=O) groups is 2. The van der Waals surface area contributed by atoms with Crippen molar-refractivity contribution in [1.82, 2.24) is 20.0 Å². The van der Waals surface area contributed by atoms with Gasteiger partial charge < -0.3 is 10.1 Å². The Labute approximate surface area is 178 Å². The number of hydrogen-bond donors (Lipinski definition) is 1. The molecule has 0 aliphatic heterocycles. The van der Waals surface area contributed by atoms with Crippen molar-refractivity contribution < 1.29 is 14.3 Å². The first-order chi connectivity index (χ1) is 13.4. The lowest BCUT2D eigenvalue weighted by Crippen LogP contribution is -2.25. The maximum atomic E-state index is 11.7. The van der Waals surface area contributed by atoms with Crippen molar-refractivity contribution in [3.05, 3.63) is 39.3 Å². The number of ether oxygens (including phenoxy) is 1. The van der Waals surface area contributed by atoms with Gasteiger partial charge in [-0.2, -0.15) is 5.10 Å². The Bertz CT molecular complexity index is 849. The zero-order chi connectivity index (χ0) is 20.5. The lowest BCUT2D eigenvalue weighted by molar-refractivity contribution is -0.118. The molecule has 1 aromatic heterocycles. The predicted octanol–water partition coefficient (Wildman–Crippen LogP) is 3.17. The molecule has 7 nitrogen and oxygen atoms in total. The molecule has 152 valence electrons. The molecule has 1 heterocycles. The summed E-state index contributed by atoms with van der Waals surface area (Å²) in [5, 5.41) is 7.35. The van der Waals surface area contributed by atoms with E-state index in [0.29, 0.717) is 35.0 Å². The highest BCUT2D eigenvalue weighted by molar-refractivity contribution is 8.01. The minimum absolute atomic E-state index is 0.00652. The lowest BCUT2D eigenvalue weighted by Gasteiger charge is -2.16. The maximum Gasteiger partial charge on any atom is 0.337 e. The van der Waals surface area contributed by atoms with Crippen LogP contribution in [-0.2, 0) is 22.7 Å². The average molecular weight is 441 g/mol. The summed E-state index contributed by atoms with van der Waals surface area (Å²) in [4.78, 5) is 25.3. The Kier molecular flexibility index (Phi) is 9.10. The number of aromatic nitrogens is 2. The average Bonchev–Trinajstić information content (AvgIpc) is 3.03. The van der Waals surface area contributed by atoms with Crippen LogP contribution in [0.2, 0.25) is 0 Å². The summed E-state index contributed by atoms with van der Waals surface area (Å²) in [7, 11) is 3.34. The molecule has 0 aliphatic rings. The fourth-order valence-electron chi connectivity index (χ4n) is 2.33. The molecule has 0 spiro atoms. The molecule has 28 heavy (non-hydrogen) atoms. The summed E-state index contributed by atoms with van der Waals surface area (Å²) in [6.07, 6.45) is 0.918. The van der Waals surface area contributed by atoms with Gasteiger partial charge in [-0.3, -0.25) is 9.69 Å². The first kappa shape index (κ1) is 22.5. The molecule has 0 fully saturated rings. The van der Waals surface area contributed by atoms with E-state index in [1.54, 1.807) is 16.8 Å². The molecule has 0 bridgehead atoms. The molecule has 1 amide bonds. The van der Waals surface area contributed by atoms with Crippen molar-refractivity contribution in [2.75, 3.05) is 26.5 Å². The maximum absolute atomic E-state index is 11.7. The number of carbonyl (C=O) groups excluding carboxylic acids is 2. The van der Waals surface area contributed by atoms with Crippen molar-refractivity contribution in [1.29, 1.82) is 0 Å². The summed E-state index contributed by atoms with van der Waals surface area (Å²) in [5.74, 6) is -0.000808. The smallest absolute Gasteiger partial charge is 0.337 e. The molecule has 0 aliphatic carbocycles. The van der Waals surface area contributed by atoms with Gasteiger partial charge in [-0.15, -0.1) is 0 Å². The summed E-state index contributed by atoms with van der Waals surface area (Å²) < 4.78 is 7.92. The molecule has 0 radical (unpaired) electrons. The first-order valence-corrected chi connectivity index (χ1v) is 11.0. The fraction of sp³-hybridized carbons (Fsp3) is 0.444. The van der Waals surface area contributed by atoms with Gasteiger partial charge in [0.05, 0.1) is 25.1 Å². The van der Waals surface area contributed by atoms with Gasteiger partial charge in [-0.05, 0) is 43.4 Å². The summed E-state index contributed by atoms with van der Waals surface area (Å²) >= 11 is 8.20. The van der Waals surface area contributed by atoms with Crippen LogP contribution >= 0.6 is 35.3 Å². The molecule has 10 heteroatoms. The minimum atomic E-state index is -0.345. The van der Waals surface area contributed by atoms with Gasteiger partial charge in [0, 0.05) is 13.1 Å². The van der Waals surface area contributed by atoms with Gasteiger partial charge >= 0.3 is 5.97 Å². The van der Waals surface area contributed by atoms with Gasteiger partial charge in [0.2, 0.25) is 5.91 Å². The molecule has 0 unspecified atom stereocenters. The topological polar surface area (TPSA) is 76.5 Å². The highest BCUT2D eigenvalue weighted by Crippen LogP contribution is 2.22. The van der Waals surface area contributed by atoms with Crippen molar-refractivity contribution in [3.63, 3.8) is 0 Å². The molecular formula is C18H24N4O3S3. The Balaban J connectivity index is 1.89. The van der Waals surface area contributed by atoms with E-state index in [4.69, 9.17) is 17.0 Å². The van der Waals surface area contributed by atoms with Crippen LogP contribution in [0.5, 0.6) is 0 Å². The number of thioether (sulfide) groups is 1. The molecule has 0 saturated carbocycles. The third-order valence-electron chi connectivity index (χ3n) is 3.69. The highest BCUT2D eigenvalue weighted by atomic mass is 32.2. The van der Waals surface area contributed by atoms with Crippen LogP contribution in [0.25, 0.3) is 0 Å². The standard InChI is InChI=1S/C18H24N4O3S3/c1-4-9-19-15(23)11-27-17-20-22(18(26)28-17)12-21(2)10-13-5-7-14(8-6-13)16(24)25-3/h5-8H,4,9-12H2,1-3H3,(H,19,23). The van der Waals surface area contributed by atoms with Crippen molar-refractivity contribution in [3.8, 4) is 0 Å². The van der Waals surface area contributed by atoms with Gasteiger partial charge in [-0.25, -0.2) is 9.48 Å². The summed E-state index contributed by atoms with van der Waals surface area (Å²) in [5.41, 5.74) is 1.60. The van der Waals surface area contributed by atoms with E-state index in [0.717, 1.165) is 16.3 Å². The summed E-state index contributed by atoms with van der Waals surface area (Å²) in [6, 6.07) is 7.31. The van der Waals surface area contributed by atoms with E-state index in [2.05, 4.69) is 15.3 Å². The zero-order valence-electron chi connectivity index (χ0n) is 16.1. The molecule has 2 rings (SSSR count). The van der Waals surface area contributed by atoms with E-state index < -0.39 is 0 Å². The van der Waals surface area contributed by atoms with Crippen LogP contribution < -0.4 is 5.32 Å². The van der Waals surface area contributed by atoms with Crippen LogP contribution in [-0.4, -0.2) is 53.0 Å². The second-order valence-corrected chi connectivity index (χ2v) is 8.96. The largest absolute Gasteiger partial charge is 0.465 e. The third kappa shape index (κ3) is 7.01. The number of nitrogens with one attached hydrogen (secondary N) is 1. The number of esters is 1.